The van der Waals surface area contributed by atoms with Crippen LogP contribution in [0.1, 0.15) is 35.2 Å². The molecular formula is C16H21N3O3. The molecule has 1 aromatic carbocycles. The normalized spacial score (nSPS) is 27.5. The fourth-order valence-corrected chi connectivity index (χ4v) is 3.80. The Hall–Kier alpha value is -1.95. The third kappa shape index (κ3) is 2.59. The van der Waals surface area contributed by atoms with Gasteiger partial charge in [0.05, 0.1) is 4.92 Å². The molecule has 3 unspecified atom stereocenters. The first kappa shape index (κ1) is 15.0. The summed E-state index contributed by atoms with van der Waals surface area (Å²) in [5.41, 5.74) is 7.14. The molecule has 0 radical (unpaired) electrons. The predicted octanol–water partition coefficient (Wildman–Crippen LogP) is 2.10. The molecular weight excluding hydrogens is 282 g/mol. The van der Waals surface area contributed by atoms with Crippen molar-refractivity contribution in [3.8, 4) is 0 Å². The van der Waals surface area contributed by atoms with Crippen molar-refractivity contribution in [2.45, 2.75) is 32.2 Å². The van der Waals surface area contributed by atoms with Crippen LogP contribution in [0.15, 0.2) is 18.2 Å². The van der Waals surface area contributed by atoms with Crippen LogP contribution in [0.5, 0.6) is 0 Å². The minimum absolute atomic E-state index is 0.000773. The number of rotatable bonds is 2. The van der Waals surface area contributed by atoms with E-state index in [1.54, 1.807) is 19.1 Å². The van der Waals surface area contributed by atoms with Gasteiger partial charge in [-0.2, -0.15) is 0 Å². The van der Waals surface area contributed by atoms with Crippen molar-refractivity contribution in [1.82, 2.24) is 4.90 Å². The van der Waals surface area contributed by atoms with E-state index in [1.807, 2.05) is 4.90 Å². The number of hydrogen-bond donors (Lipinski definition) is 1. The number of benzene rings is 1. The summed E-state index contributed by atoms with van der Waals surface area (Å²) in [7, 11) is 0. The van der Waals surface area contributed by atoms with E-state index in [-0.39, 0.29) is 17.6 Å². The molecule has 3 rings (SSSR count). The highest BCUT2D eigenvalue weighted by Crippen LogP contribution is 2.36. The van der Waals surface area contributed by atoms with Crippen molar-refractivity contribution < 1.29 is 9.72 Å². The van der Waals surface area contributed by atoms with Gasteiger partial charge in [-0.1, -0.05) is 12.5 Å². The Morgan fingerprint density at radius 2 is 2.14 bits per heavy atom. The maximum absolute atomic E-state index is 12.6. The lowest BCUT2D eigenvalue weighted by atomic mass is 9.78. The van der Waals surface area contributed by atoms with Gasteiger partial charge in [0.2, 0.25) is 0 Å². The fraction of sp³-hybridized carbons (Fsp3) is 0.562. The number of carbonyl (C=O) groups excluding carboxylic acids is 1. The second-order valence-corrected chi connectivity index (χ2v) is 6.49. The highest BCUT2D eigenvalue weighted by atomic mass is 16.6. The number of hydrogen-bond acceptors (Lipinski definition) is 4. The van der Waals surface area contributed by atoms with E-state index < -0.39 is 4.92 Å². The van der Waals surface area contributed by atoms with Gasteiger partial charge in [0.15, 0.2) is 0 Å². The standard InChI is InChI=1S/C16H21N3O3/c1-10-5-6-11(7-15(10)19(21)22)16(20)18-8-12-3-2-4-14(17)13(12)9-18/h5-7,12-14H,2-4,8-9,17H2,1H3. The van der Waals surface area contributed by atoms with Gasteiger partial charge in [0, 0.05) is 36.3 Å². The van der Waals surface area contributed by atoms with Crippen LogP contribution in [0.2, 0.25) is 0 Å². The largest absolute Gasteiger partial charge is 0.338 e. The number of fused-ring (bicyclic) bond motifs is 1. The number of nitro groups is 1. The summed E-state index contributed by atoms with van der Waals surface area (Å²) in [5.74, 6) is 0.732. The lowest BCUT2D eigenvalue weighted by molar-refractivity contribution is -0.385. The first-order valence-corrected chi connectivity index (χ1v) is 7.77. The lowest BCUT2D eigenvalue weighted by Gasteiger charge is -2.29. The Kier molecular flexibility index (Phi) is 3.87. The molecule has 0 aromatic heterocycles. The second kappa shape index (κ2) is 5.68. The Labute approximate surface area is 129 Å². The van der Waals surface area contributed by atoms with E-state index in [4.69, 9.17) is 5.73 Å². The maximum atomic E-state index is 12.6. The van der Waals surface area contributed by atoms with Gasteiger partial charge >= 0.3 is 0 Å². The molecule has 2 fully saturated rings. The molecule has 1 heterocycles. The highest BCUT2D eigenvalue weighted by Gasteiger charge is 2.40. The zero-order valence-electron chi connectivity index (χ0n) is 12.7. The van der Waals surface area contributed by atoms with Gasteiger partial charge in [-0.05, 0) is 37.7 Å². The van der Waals surface area contributed by atoms with Gasteiger partial charge in [0.25, 0.3) is 11.6 Å². The maximum Gasteiger partial charge on any atom is 0.273 e. The van der Waals surface area contributed by atoms with Gasteiger partial charge < -0.3 is 10.6 Å². The van der Waals surface area contributed by atoms with Gasteiger partial charge in [-0.3, -0.25) is 14.9 Å². The Morgan fingerprint density at radius 1 is 1.36 bits per heavy atom. The van der Waals surface area contributed by atoms with Crippen LogP contribution < -0.4 is 5.73 Å². The third-order valence-corrected chi connectivity index (χ3v) is 5.09. The zero-order chi connectivity index (χ0) is 15.9. The topological polar surface area (TPSA) is 89.5 Å². The molecule has 6 heteroatoms. The molecule has 0 spiro atoms. The SMILES string of the molecule is Cc1ccc(C(=O)N2CC3CCCC(N)C3C2)cc1[N+](=O)[O-]. The number of carbonyl (C=O) groups is 1. The minimum atomic E-state index is -0.439. The summed E-state index contributed by atoms with van der Waals surface area (Å²) in [6, 6.07) is 4.87. The van der Waals surface area contributed by atoms with Crippen molar-refractivity contribution in [2.24, 2.45) is 17.6 Å². The highest BCUT2D eigenvalue weighted by molar-refractivity contribution is 5.95. The van der Waals surface area contributed by atoms with Crippen molar-refractivity contribution >= 4 is 11.6 Å². The Morgan fingerprint density at radius 3 is 2.82 bits per heavy atom. The molecule has 1 saturated heterocycles. The Bertz CT molecular complexity index is 617. The van der Waals surface area contributed by atoms with Crippen LogP contribution in [0.3, 0.4) is 0 Å². The van der Waals surface area contributed by atoms with E-state index in [0.29, 0.717) is 29.5 Å². The molecule has 0 bridgehead atoms. The smallest absolute Gasteiger partial charge is 0.273 e. The molecule has 3 atom stereocenters. The summed E-state index contributed by atoms with van der Waals surface area (Å²) in [4.78, 5) is 25.1. The summed E-state index contributed by atoms with van der Waals surface area (Å²) in [5, 5.41) is 11.0. The number of aryl methyl sites for hydroxylation is 1. The van der Waals surface area contributed by atoms with Crippen molar-refractivity contribution in [2.75, 3.05) is 13.1 Å². The third-order valence-electron chi connectivity index (χ3n) is 5.09. The average molecular weight is 303 g/mol. The first-order valence-electron chi connectivity index (χ1n) is 7.77. The van der Waals surface area contributed by atoms with Crippen LogP contribution in [0.4, 0.5) is 5.69 Å². The molecule has 1 saturated carbocycles. The fourth-order valence-electron chi connectivity index (χ4n) is 3.80. The molecule has 118 valence electrons. The van der Waals surface area contributed by atoms with Crippen LogP contribution in [0.25, 0.3) is 0 Å². The van der Waals surface area contributed by atoms with Crippen molar-refractivity contribution in [3.63, 3.8) is 0 Å². The van der Waals surface area contributed by atoms with Crippen molar-refractivity contribution in [3.05, 3.63) is 39.4 Å². The number of nitro benzene ring substituents is 1. The Balaban J connectivity index is 1.80. The van der Waals surface area contributed by atoms with Gasteiger partial charge in [-0.15, -0.1) is 0 Å². The summed E-state index contributed by atoms with van der Waals surface area (Å²) < 4.78 is 0. The summed E-state index contributed by atoms with van der Waals surface area (Å²) >= 11 is 0. The lowest BCUT2D eigenvalue weighted by Crippen LogP contribution is -2.38. The average Bonchev–Trinajstić information content (AvgIpc) is 2.92. The number of likely N-dealkylation sites (tertiary alicyclic amines) is 1. The van der Waals surface area contributed by atoms with Crippen molar-refractivity contribution in [1.29, 1.82) is 0 Å². The number of nitrogens with zero attached hydrogens (tertiary/aromatic N) is 2. The molecule has 6 nitrogen and oxygen atoms in total. The zero-order valence-corrected chi connectivity index (χ0v) is 12.7. The molecule has 1 aliphatic carbocycles. The molecule has 2 aliphatic rings. The minimum Gasteiger partial charge on any atom is -0.338 e. The monoisotopic (exact) mass is 303 g/mol. The first-order chi connectivity index (χ1) is 10.5. The van der Waals surface area contributed by atoms with Crippen LogP contribution in [-0.4, -0.2) is 34.9 Å². The number of nitrogens with two attached hydrogens (primary N) is 1. The number of amides is 1. The van der Waals surface area contributed by atoms with E-state index >= 15 is 0 Å². The van der Waals surface area contributed by atoms with E-state index in [2.05, 4.69) is 0 Å². The molecule has 1 amide bonds. The van der Waals surface area contributed by atoms with Gasteiger partial charge in [0.1, 0.15) is 0 Å². The quantitative estimate of drug-likeness (QED) is 0.669. The van der Waals surface area contributed by atoms with Gasteiger partial charge in [-0.25, -0.2) is 0 Å². The van der Waals surface area contributed by atoms with E-state index in [9.17, 15) is 14.9 Å². The van der Waals surface area contributed by atoms with E-state index in [1.165, 1.54) is 6.07 Å². The van der Waals surface area contributed by atoms with Crippen LogP contribution >= 0.6 is 0 Å². The molecule has 2 N–H and O–H groups in total. The summed E-state index contributed by atoms with van der Waals surface area (Å²) in [6.45, 7) is 3.07. The second-order valence-electron chi connectivity index (χ2n) is 6.49. The predicted molar refractivity (Wildman–Crippen MR) is 82.5 cm³/mol. The van der Waals surface area contributed by atoms with E-state index in [0.717, 1.165) is 25.8 Å². The molecule has 1 aliphatic heterocycles. The molecule has 22 heavy (non-hydrogen) atoms. The van der Waals surface area contributed by atoms with Crippen LogP contribution in [-0.2, 0) is 0 Å². The molecule has 1 aromatic rings. The van der Waals surface area contributed by atoms with Crippen LogP contribution in [0, 0.1) is 28.9 Å². The summed E-state index contributed by atoms with van der Waals surface area (Å²) in [6.07, 6.45) is 3.27.